The fourth-order valence-corrected chi connectivity index (χ4v) is 4.49. The number of hydrogen-bond donors (Lipinski definition) is 2. The third-order valence-corrected chi connectivity index (χ3v) is 6.40. The highest BCUT2D eigenvalue weighted by atomic mass is 16.5. The van der Waals surface area contributed by atoms with Gasteiger partial charge in [0.1, 0.15) is 23.0 Å². The second-order valence-corrected chi connectivity index (χ2v) is 8.75. The number of carbonyl (C=O) groups excluding carboxylic acids is 1. The van der Waals surface area contributed by atoms with Gasteiger partial charge >= 0.3 is 11.9 Å². The molecule has 4 aromatic rings. The standard InChI is InChI=1S/C28H23NO7/c1-16-14-24-26(27(32)29(16)13-12-17-2-8-20(30)9-3-17)21(15-25(31)36-24)23-11-10-22(35-23)18-4-6-19(7-5-18)28(33)34/h2-11,14,21,30H,12-13,15H2,1H3,(H,33,34)/t21-/m0/s1. The minimum Gasteiger partial charge on any atom is -0.508 e. The van der Waals surface area contributed by atoms with Crippen LogP contribution in [0.5, 0.6) is 11.5 Å². The predicted molar refractivity (Wildman–Crippen MR) is 130 cm³/mol. The topological polar surface area (TPSA) is 119 Å². The summed E-state index contributed by atoms with van der Waals surface area (Å²) in [5.41, 5.74) is 2.62. The summed E-state index contributed by atoms with van der Waals surface area (Å²) >= 11 is 0. The van der Waals surface area contributed by atoms with E-state index in [1.165, 1.54) is 12.1 Å². The molecule has 0 aliphatic carbocycles. The van der Waals surface area contributed by atoms with Gasteiger partial charge in [-0.1, -0.05) is 24.3 Å². The molecule has 0 spiro atoms. The summed E-state index contributed by atoms with van der Waals surface area (Å²) in [4.78, 5) is 37.1. The van der Waals surface area contributed by atoms with Crippen molar-refractivity contribution in [3.63, 3.8) is 0 Å². The van der Waals surface area contributed by atoms with Crippen LogP contribution in [0.2, 0.25) is 0 Å². The Morgan fingerprint density at radius 2 is 1.75 bits per heavy atom. The predicted octanol–water partition coefficient (Wildman–Crippen LogP) is 4.50. The highest BCUT2D eigenvalue weighted by Gasteiger charge is 2.34. The molecule has 1 aliphatic heterocycles. The number of pyridine rings is 1. The fraction of sp³-hybridized carbons (Fsp3) is 0.179. The fourth-order valence-electron chi connectivity index (χ4n) is 4.49. The minimum absolute atomic E-state index is 0.0336. The number of furan rings is 1. The number of fused-ring (bicyclic) bond motifs is 1. The van der Waals surface area contributed by atoms with Crippen molar-refractivity contribution < 1.29 is 29.0 Å². The van der Waals surface area contributed by atoms with Gasteiger partial charge < -0.3 is 23.9 Å². The average molecular weight is 485 g/mol. The number of aryl methyl sites for hydroxylation is 2. The van der Waals surface area contributed by atoms with Crippen LogP contribution in [0.15, 0.2) is 75.9 Å². The highest BCUT2D eigenvalue weighted by molar-refractivity contribution is 5.88. The van der Waals surface area contributed by atoms with Crippen molar-refractivity contribution in [3.05, 3.63) is 105 Å². The molecule has 0 bridgehead atoms. The first kappa shape index (κ1) is 23.2. The molecule has 5 rings (SSSR count). The maximum absolute atomic E-state index is 13.6. The Labute approximate surface area is 206 Å². The van der Waals surface area contributed by atoms with Crippen LogP contribution >= 0.6 is 0 Å². The molecule has 0 unspecified atom stereocenters. The number of phenolic OH excluding ortho intramolecular Hbond substituents is 1. The number of aromatic carboxylic acids is 1. The largest absolute Gasteiger partial charge is 0.508 e. The van der Waals surface area contributed by atoms with Gasteiger partial charge in [-0.05, 0) is 55.3 Å². The molecular weight excluding hydrogens is 462 g/mol. The number of carboxylic acid groups (broad SMARTS) is 1. The molecule has 8 heteroatoms. The lowest BCUT2D eigenvalue weighted by atomic mass is 9.91. The van der Waals surface area contributed by atoms with Crippen LogP contribution in [-0.4, -0.2) is 26.7 Å². The maximum Gasteiger partial charge on any atom is 0.335 e. The van der Waals surface area contributed by atoms with Crippen LogP contribution in [0.25, 0.3) is 11.3 Å². The minimum atomic E-state index is -1.02. The molecule has 1 aliphatic rings. The number of nitrogens with zero attached hydrogens (tertiary/aromatic N) is 1. The van der Waals surface area contributed by atoms with Crippen LogP contribution in [0.1, 0.15) is 45.3 Å². The lowest BCUT2D eigenvalue weighted by Crippen LogP contribution is -2.33. The lowest BCUT2D eigenvalue weighted by Gasteiger charge is -2.24. The number of aromatic hydroxyl groups is 1. The van der Waals surface area contributed by atoms with Gasteiger partial charge in [0.25, 0.3) is 5.56 Å². The number of carbonyl (C=O) groups is 2. The van der Waals surface area contributed by atoms with E-state index < -0.39 is 17.9 Å². The Hall–Kier alpha value is -4.59. The molecule has 0 fully saturated rings. The number of carboxylic acids is 1. The summed E-state index contributed by atoms with van der Waals surface area (Å²) in [5, 5.41) is 18.6. The molecule has 2 aromatic carbocycles. The Bertz CT molecular complexity index is 1510. The molecule has 0 radical (unpaired) electrons. The van der Waals surface area contributed by atoms with E-state index in [1.54, 1.807) is 54.0 Å². The summed E-state index contributed by atoms with van der Waals surface area (Å²) in [6, 6.07) is 18.3. The van der Waals surface area contributed by atoms with E-state index in [9.17, 15) is 19.5 Å². The molecule has 2 N–H and O–H groups in total. The number of ether oxygens (including phenoxy) is 1. The van der Waals surface area contributed by atoms with Crippen molar-refractivity contribution in [2.75, 3.05) is 0 Å². The number of phenols is 1. The molecule has 0 amide bonds. The quantitative estimate of drug-likeness (QED) is 0.386. The van der Waals surface area contributed by atoms with Gasteiger partial charge in [0, 0.05) is 23.9 Å². The average Bonchev–Trinajstić information content (AvgIpc) is 3.34. The second-order valence-electron chi connectivity index (χ2n) is 8.75. The zero-order chi connectivity index (χ0) is 25.4. The zero-order valence-electron chi connectivity index (χ0n) is 19.4. The molecule has 182 valence electrons. The Balaban J connectivity index is 1.48. The van der Waals surface area contributed by atoms with Crippen molar-refractivity contribution in [1.29, 1.82) is 0 Å². The van der Waals surface area contributed by atoms with Crippen LogP contribution in [0, 0.1) is 6.92 Å². The van der Waals surface area contributed by atoms with Gasteiger partial charge in [0.2, 0.25) is 0 Å². The normalized spacial score (nSPS) is 14.8. The summed E-state index contributed by atoms with van der Waals surface area (Å²) in [6.45, 7) is 2.21. The smallest absolute Gasteiger partial charge is 0.335 e. The summed E-state index contributed by atoms with van der Waals surface area (Å²) in [5.74, 6) is -0.697. The van der Waals surface area contributed by atoms with E-state index in [4.69, 9.17) is 14.3 Å². The summed E-state index contributed by atoms with van der Waals surface area (Å²) in [6.07, 6.45) is 0.551. The van der Waals surface area contributed by atoms with E-state index >= 15 is 0 Å². The first-order valence-electron chi connectivity index (χ1n) is 11.5. The van der Waals surface area contributed by atoms with Crippen molar-refractivity contribution in [1.82, 2.24) is 4.57 Å². The van der Waals surface area contributed by atoms with Gasteiger partial charge in [0.05, 0.1) is 23.5 Å². The van der Waals surface area contributed by atoms with E-state index in [0.29, 0.717) is 41.3 Å². The van der Waals surface area contributed by atoms with Gasteiger partial charge in [-0.25, -0.2) is 4.79 Å². The summed E-state index contributed by atoms with van der Waals surface area (Å²) < 4.78 is 13.1. The molecule has 0 saturated carbocycles. The molecule has 3 heterocycles. The van der Waals surface area contributed by atoms with E-state index in [0.717, 1.165) is 5.56 Å². The molecule has 36 heavy (non-hydrogen) atoms. The van der Waals surface area contributed by atoms with Crippen LogP contribution < -0.4 is 10.3 Å². The molecular formula is C28H23NO7. The van der Waals surface area contributed by atoms with Crippen molar-refractivity contribution >= 4 is 11.9 Å². The Kier molecular flexibility index (Phi) is 5.93. The number of aromatic nitrogens is 1. The molecule has 8 nitrogen and oxygen atoms in total. The summed E-state index contributed by atoms with van der Waals surface area (Å²) in [7, 11) is 0. The molecule has 0 saturated heterocycles. The van der Waals surface area contributed by atoms with Crippen molar-refractivity contribution in [2.45, 2.75) is 32.2 Å². The van der Waals surface area contributed by atoms with Gasteiger partial charge in [-0.15, -0.1) is 0 Å². The number of benzene rings is 2. The Morgan fingerprint density at radius 1 is 1.03 bits per heavy atom. The SMILES string of the molecule is Cc1cc2c(c(=O)n1CCc1ccc(O)cc1)[C@H](c1ccc(-c3ccc(C(=O)O)cc3)o1)CC(=O)O2. The number of hydrogen-bond acceptors (Lipinski definition) is 6. The lowest BCUT2D eigenvalue weighted by molar-refractivity contribution is -0.135. The van der Waals surface area contributed by atoms with Gasteiger partial charge in [-0.3, -0.25) is 9.59 Å². The van der Waals surface area contributed by atoms with Gasteiger partial charge in [-0.2, -0.15) is 0 Å². The Morgan fingerprint density at radius 3 is 2.44 bits per heavy atom. The van der Waals surface area contributed by atoms with E-state index in [1.807, 2.05) is 12.1 Å². The highest BCUT2D eigenvalue weighted by Crippen LogP contribution is 2.39. The van der Waals surface area contributed by atoms with E-state index in [-0.39, 0.29) is 29.0 Å². The number of rotatable bonds is 6. The third kappa shape index (κ3) is 4.40. The molecule has 1 atom stereocenters. The molecule has 2 aromatic heterocycles. The first-order chi connectivity index (χ1) is 17.3. The van der Waals surface area contributed by atoms with Crippen molar-refractivity contribution in [3.8, 4) is 22.8 Å². The van der Waals surface area contributed by atoms with Crippen LogP contribution in [0.4, 0.5) is 0 Å². The maximum atomic E-state index is 13.6. The van der Waals surface area contributed by atoms with Gasteiger partial charge in [0.15, 0.2) is 0 Å². The zero-order valence-corrected chi connectivity index (χ0v) is 19.4. The monoisotopic (exact) mass is 485 g/mol. The van der Waals surface area contributed by atoms with Crippen LogP contribution in [0.3, 0.4) is 0 Å². The van der Waals surface area contributed by atoms with Crippen molar-refractivity contribution in [2.24, 2.45) is 0 Å². The third-order valence-electron chi connectivity index (χ3n) is 6.40. The van der Waals surface area contributed by atoms with Crippen LogP contribution in [-0.2, 0) is 17.8 Å². The second kappa shape index (κ2) is 9.22. The van der Waals surface area contributed by atoms with E-state index in [2.05, 4.69) is 0 Å². The first-order valence-corrected chi connectivity index (χ1v) is 11.5. The number of esters is 1.